The Balaban J connectivity index is 2.05. The van der Waals surface area contributed by atoms with Gasteiger partial charge >= 0.3 is 0 Å². The van der Waals surface area contributed by atoms with E-state index in [1.165, 1.54) is 11.3 Å². The van der Waals surface area contributed by atoms with Crippen molar-refractivity contribution in [3.63, 3.8) is 0 Å². The monoisotopic (exact) mass is 339 g/mol. The average Bonchev–Trinajstić information content (AvgIpc) is 2.85. The lowest BCUT2D eigenvalue weighted by Gasteiger charge is -2.10. The van der Waals surface area contributed by atoms with E-state index in [0.29, 0.717) is 11.4 Å². The van der Waals surface area contributed by atoms with E-state index in [0.717, 1.165) is 28.1 Å². The van der Waals surface area contributed by atoms with Crippen LogP contribution in [0.25, 0.3) is 0 Å². The van der Waals surface area contributed by atoms with Gasteiger partial charge in [0.25, 0.3) is 0 Å². The van der Waals surface area contributed by atoms with Crippen LogP contribution in [0.3, 0.4) is 0 Å². The van der Waals surface area contributed by atoms with Gasteiger partial charge in [-0.25, -0.2) is 13.1 Å². The van der Waals surface area contributed by atoms with Crippen LogP contribution in [0.4, 0.5) is 0 Å². The summed E-state index contributed by atoms with van der Waals surface area (Å²) in [6.45, 7) is 2.89. The molecule has 96 valence electrons. The Hall–Kier alpha value is 0.0500. The van der Waals surface area contributed by atoms with Gasteiger partial charge in [0.05, 0.1) is 14.8 Å². The Kier molecular flexibility index (Phi) is 4.25. The molecule has 2 rings (SSSR count). The van der Waals surface area contributed by atoms with Gasteiger partial charge in [-0.05, 0) is 41.8 Å². The molecule has 1 saturated heterocycles. The number of aryl methyl sites for hydroxylation is 1. The minimum absolute atomic E-state index is 0.0205. The zero-order valence-corrected chi connectivity index (χ0v) is 12.6. The minimum atomic E-state index is -3.41. The molecule has 1 atom stereocenters. The number of hydrogen-bond donors (Lipinski definition) is 1. The molecule has 1 aliphatic heterocycles. The lowest BCUT2D eigenvalue weighted by molar-refractivity contribution is 0.114. The van der Waals surface area contributed by atoms with Crippen LogP contribution in [0.5, 0.6) is 0 Å². The second kappa shape index (κ2) is 5.36. The third-order valence-electron chi connectivity index (χ3n) is 2.66. The van der Waals surface area contributed by atoms with Crippen LogP contribution in [0.2, 0.25) is 0 Å². The number of nitrogens with one attached hydrogen (secondary N) is 1. The summed E-state index contributed by atoms with van der Waals surface area (Å²) in [6.07, 6.45) is 1.96. The molecule has 2 heterocycles. The smallest absolute Gasteiger partial charge is 0.241 e. The Morgan fingerprint density at radius 3 is 2.94 bits per heavy atom. The molecule has 0 aromatic carbocycles. The standard InChI is InChI=1S/C10H14BrNO3S2/c1-7-9(5-10(11)16-7)17(13,14)12-6-8-3-2-4-15-8/h5,8,12H,2-4,6H2,1H3. The van der Waals surface area contributed by atoms with Gasteiger partial charge in [0, 0.05) is 18.0 Å². The summed E-state index contributed by atoms with van der Waals surface area (Å²) in [5.74, 6) is 0. The third kappa shape index (κ3) is 3.29. The lowest BCUT2D eigenvalue weighted by atomic mass is 10.2. The molecule has 1 aliphatic rings. The fourth-order valence-electron chi connectivity index (χ4n) is 1.78. The zero-order chi connectivity index (χ0) is 12.5. The normalized spacial score (nSPS) is 20.9. The van der Waals surface area contributed by atoms with Gasteiger partial charge in [0.2, 0.25) is 10.0 Å². The summed E-state index contributed by atoms with van der Waals surface area (Å²) in [5.41, 5.74) is 0. The van der Waals surface area contributed by atoms with Crippen LogP contribution < -0.4 is 4.72 Å². The molecule has 1 aromatic rings. The fourth-order valence-corrected chi connectivity index (χ4v) is 5.26. The number of hydrogen-bond acceptors (Lipinski definition) is 4. The summed E-state index contributed by atoms with van der Waals surface area (Å²) in [7, 11) is -3.41. The Labute approximate surface area is 114 Å². The van der Waals surface area contributed by atoms with E-state index in [1.54, 1.807) is 13.0 Å². The van der Waals surface area contributed by atoms with Gasteiger partial charge < -0.3 is 4.74 Å². The second-order valence-corrected chi connectivity index (χ2v) is 8.33. The van der Waals surface area contributed by atoms with Crippen molar-refractivity contribution in [2.24, 2.45) is 0 Å². The van der Waals surface area contributed by atoms with Crippen LogP contribution in [-0.2, 0) is 14.8 Å². The summed E-state index contributed by atoms with van der Waals surface area (Å²) in [6, 6.07) is 1.64. The maximum Gasteiger partial charge on any atom is 0.241 e. The van der Waals surface area contributed by atoms with Crippen molar-refractivity contribution in [1.29, 1.82) is 0 Å². The number of halogens is 1. The highest BCUT2D eigenvalue weighted by Gasteiger charge is 2.22. The first-order valence-corrected chi connectivity index (χ1v) is 8.45. The summed E-state index contributed by atoms with van der Waals surface area (Å²) < 4.78 is 32.9. The van der Waals surface area contributed by atoms with Crippen LogP contribution in [0.15, 0.2) is 14.7 Å². The third-order valence-corrected chi connectivity index (χ3v) is 5.89. The van der Waals surface area contributed by atoms with Crippen molar-refractivity contribution < 1.29 is 13.2 Å². The van der Waals surface area contributed by atoms with E-state index in [1.807, 2.05) is 0 Å². The molecule has 17 heavy (non-hydrogen) atoms. The SMILES string of the molecule is Cc1sc(Br)cc1S(=O)(=O)NCC1CCCO1. The first kappa shape index (κ1) is 13.5. The molecule has 1 N–H and O–H groups in total. The van der Waals surface area contributed by atoms with Crippen molar-refractivity contribution >= 4 is 37.3 Å². The fraction of sp³-hybridized carbons (Fsp3) is 0.600. The van der Waals surface area contributed by atoms with Crippen LogP contribution in [0, 0.1) is 6.92 Å². The van der Waals surface area contributed by atoms with Crippen LogP contribution in [-0.4, -0.2) is 27.7 Å². The summed E-state index contributed by atoms with van der Waals surface area (Å²) in [5, 5.41) is 0. The number of thiophene rings is 1. The van der Waals surface area contributed by atoms with E-state index in [9.17, 15) is 8.42 Å². The molecule has 0 aliphatic carbocycles. The molecule has 1 aromatic heterocycles. The zero-order valence-electron chi connectivity index (χ0n) is 9.40. The number of sulfonamides is 1. The van der Waals surface area contributed by atoms with Gasteiger partial charge in [-0.2, -0.15) is 0 Å². The molecule has 7 heteroatoms. The van der Waals surface area contributed by atoms with Crippen LogP contribution >= 0.6 is 27.3 Å². The lowest BCUT2D eigenvalue weighted by Crippen LogP contribution is -2.31. The second-order valence-electron chi connectivity index (χ2n) is 3.96. The Bertz CT molecular complexity index is 492. The predicted molar refractivity (Wildman–Crippen MR) is 70.9 cm³/mol. The van der Waals surface area contributed by atoms with E-state index in [4.69, 9.17) is 4.74 Å². The van der Waals surface area contributed by atoms with Crippen molar-refractivity contribution in [3.8, 4) is 0 Å². The maximum absolute atomic E-state index is 12.0. The van der Waals surface area contributed by atoms with E-state index >= 15 is 0 Å². The van der Waals surface area contributed by atoms with Crippen LogP contribution in [0.1, 0.15) is 17.7 Å². The van der Waals surface area contributed by atoms with E-state index in [2.05, 4.69) is 20.7 Å². The highest BCUT2D eigenvalue weighted by atomic mass is 79.9. The largest absolute Gasteiger partial charge is 0.377 e. The van der Waals surface area contributed by atoms with Crippen molar-refractivity contribution in [3.05, 3.63) is 14.7 Å². The molecule has 0 radical (unpaired) electrons. The molecule has 1 unspecified atom stereocenters. The number of ether oxygens (including phenoxy) is 1. The van der Waals surface area contributed by atoms with Gasteiger partial charge in [-0.3, -0.25) is 0 Å². The van der Waals surface area contributed by atoms with Gasteiger partial charge in [-0.1, -0.05) is 0 Å². The van der Waals surface area contributed by atoms with Gasteiger partial charge in [0.1, 0.15) is 0 Å². The van der Waals surface area contributed by atoms with E-state index in [-0.39, 0.29) is 6.10 Å². The highest BCUT2D eigenvalue weighted by molar-refractivity contribution is 9.11. The van der Waals surface area contributed by atoms with Gasteiger partial charge in [-0.15, -0.1) is 11.3 Å². The van der Waals surface area contributed by atoms with Gasteiger partial charge in [0.15, 0.2) is 0 Å². The minimum Gasteiger partial charge on any atom is -0.377 e. The van der Waals surface area contributed by atoms with Crippen molar-refractivity contribution in [2.45, 2.75) is 30.8 Å². The molecule has 4 nitrogen and oxygen atoms in total. The molecular weight excluding hydrogens is 326 g/mol. The Morgan fingerprint density at radius 1 is 1.65 bits per heavy atom. The molecule has 0 spiro atoms. The number of rotatable bonds is 4. The maximum atomic E-state index is 12.0. The summed E-state index contributed by atoms with van der Waals surface area (Å²) in [4.78, 5) is 1.14. The van der Waals surface area contributed by atoms with Crippen molar-refractivity contribution in [1.82, 2.24) is 4.72 Å². The first-order chi connectivity index (χ1) is 7.99. The molecule has 0 bridgehead atoms. The molecule has 0 amide bonds. The molecular formula is C10H14BrNO3S2. The quantitative estimate of drug-likeness (QED) is 0.915. The predicted octanol–water partition coefficient (Wildman–Crippen LogP) is 2.28. The van der Waals surface area contributed by atoms with Crippen molar-refractivity contribution in [2.75, 3.05) is 13.2 Å². The topological polar surface area (TPSA) is 55.4 Å². The average molecular weight is 340 g/mol. The summed E-state index contributed by atoms with van der Waals surface area (Å²) >= 11 is 4.71. The van der Waals surface area contributed by atoms with E-state index < -0.39 is 10.0 Å². The first-order valence-electron chi connectivity index (χ1n) is 5.36. The molecule has 1 fully saturated rings. The molecule has 0 saturated carbocycles. The highest BCUT2D eigenvalue weighted by Crippen LogP contribution is 2.29. The Morgan fingerprint density at radius 2 is 2.41 bits per heavy atom.